The predicted molar refractivity (Wildman–Crippen MR) is 70.0 cm³/mol. The quantitative estimate of drug-likeness (QED) is 0.896. The SMILES string of the molecule is CC1CCN(c2ccc(C(F)(F)F)cc2)CC1CN. The first-order valence-corrected chi connectivity index (χ1v) is 6.54. The van der Waals surface area contributed by atoms with Crippen LogP contribution in [0.2, 0.25) is 0 Å². The van der Waals surface area contributed by atoms with Crippen LogP contribution in [-0.4, -0.2) is 19.6 Å². The molecular weight excluding hydrogens is 253 g/mol. The molecule has 2 nitrogen and oxygen atoms in total. The van der Waals surface area contributed by atoms with Crippen LogP contribution >= 0.6 is 0 Å². The van der Waals surface area contributed by atoms with E-state index in [4.69, 9.17) is 5.73 Å². The number of rotatable bonds is 2. The minimum absolute atomic E-state index is 0.413. The second kappa shape index (κ2) is 5.41. The molecule has 2 unspecified atom stereocenters. The van der Waals surface area contributed by atoms with Gasteiger partial charge in [-0.05, 0) is 49.1 Å². The van der Waals surface area contributed by atoms with Gasteiger partial charge in [0.05, 0.1) is 5.56 Å². The van der Waals surface area contributed by atoms with Crippen LogP contribution in [0.25, 0.3) is 0 Å². The fourth-order valence-corrected chi connectivity index (χ4v) is 2.55. The standard InChI is InChI=1S/C14H19F3N2/c1-10-6-7-19(9-11(10)8-18)13-4-2-12(3-5-13)14(15,16)17/h2-5,10-11H,6-9,18H2,1H3. The zero-order valence-corrected chi connectivity index (χ0v) is 11.0. The first-order chi connectivity index (χ1) is 8.91. The molecule has 2 rings (SSSR count). The van der Waals surface area contributed by atoms with Gasteiger partial charge in [-0.3, -0.25) is 0 Å². The first-order valence-electron chi connectivity index (χ1n) is 6.54. The zero-order valence-electron chi connectivity index (χ0n) is 11.0. The van der Waals surface area contributed by atoms with Gasteiger partial charge >= 0.3 is 6.18 Å². The van der Waals surface area contributed by atoms with Gasteiger partial charge in [0.2, 0.25) is 0 Å². The van der Waals surface area contributed by atoms with E-state index in [1.54, 1.807) is 12.1 Å². The number of anilines is 1. The van der Waals surface area contributed by atoms with Crippen LogP contribution in [0.1, 0.15) is 18.9 Å². The molecule has 0 spiro atoms. The number of nitrogens with two attached hydrogens (primary N) is 1. The Hall–Kier alpha value is -1.23. The zero-order chi connectivity index (χ0) is 14.0. The molecule has 1 aromatic carbocycles. The topological polar surface area (TPSA) is 29.3 Å². The summed E-state index contributed by atoms with van der Waals surface area (Å²) in [7, 11) is 0. The molecule has 0 saturated carbocycles. The maximum absolute atomic E-state index is 12.5. The van der Waals surface area contributed by atoms with Gasteiger partial charge in [-0.2, -0.15) is 13.2 Å². The number of piperidine rings is 1. The monoisotopic (exact) mass is 272 g/mol. The van der Waals surface area contributed by atoms with E-state index in [2.05, 4.69) is 11.8 Å². The van der Waals surface area contributed by atoms with Gasteiger partial charge in [-0.25, -0.2) is 0 Å². The number of hydrogen-bond donors (Lipinski definition) is 1. The Labute approximate surface area is 111 Å². The smallest absolute Gasteiger partial charge is 0.371 e. The molecule has 2 atom stereocenters. The van der Waals surface area contributed by atoms with Crippen molar-refractivity contribution in [2.75, 3.05) is 24.5 Å². The Morgan fingerprint density at radius 2 is 1.89 bits per heavy atom. The Morgan fingerprint density at radius 3 is 2.42 bits per heavy atom. The third-order valence-corrected chi connectivity index (χ3v) is 3.98. The van der Waals surface area contributed by atoms with Gasteiger partial charge in [-0.15, -0.1) is 0 Å². The van der Waals surface area contributed by atoms with Crippen molar-refractivity contribution in [2.24, 2.45) is 17.6 Å². The predicted octanol–water partition coefficient (Wildman–Crippen LogP) is 3.13. The number of benzene rings is 1. The molecule has 0 aliphatic carbocycles. The number of nitrogens with zero attached hydrogens (tertiary/aromatic N) is 1. The molecule has 5 heteroatoms. The lowest BCUT2D eigenvalue weighted by molar-refractivity contribution is -0.137. The fraction of sp³-hybridized carbons (Fsp3) is 0.571. The molecule has 19 heavy (non-hydrogen) atoms. The third-order valence-electron chi connectivity index (χ3n) is 3.98. The second-order valence-corrected chi connectivity index (χ2v) is 5.25. The lowest BCUT2D eigenvalue weighted by atomic mass is 9.87. The van der Waals surface area contributed by atoms with Crippen LogP contribution in [0.4, 0.5) is 18.9 Å². The maximum Gasteiger partial charge on any atom is 0.416 e. The van der Waals surface area contributed by atoms with E-state index in [-0.39, 0.29) is 0 Å². The van der Waals surface area contributed by atoms with Gasteiger partial charge in [0.25, 0.3) is 0 Å². The fourth-order valence-electron chi connectivity index (χ4n) is 2.55. The van der Waals surface area contributed by atoms with E-state index < -0.39 is 11.7 Å². The summed E-state index contributed by atoms with van der Waals surface area (Å²) < 4.78 is 37.5. The molecule has 0 amide bonds. The van der Waals surface area contributed by atoms with E-state index >= 15 is 0 Å². The van der Waals surface area contributed by atoms with Crippen molar-refractivity contribution in [3.05, 3.63) is 29.8 Å². The lowest BCUT2D eigenvalue weighted by Crippen LogP contribution is -2.42. The lowest BCUT2D eigenvalue weighted by Gasteiger charge is -2.38. The summed E-state index contributed by atoms with van der Waals surface area (Å²) in [6, 6.07) is 5.38. The average Bonchev–Trinajstić information content (AvgIpc) is 2.38. The van der Waals surface area contributed by atoms with Crippen molar-refractivity contribution in [3.8, 4) is 0 Å². The summed E-state index contributed by atoms with van der Waals surface area (Å²) >= 11 is 0. The summed E-state index contributed by atoms with van der Waals surface area (Å²) in [4.78, 5) is 2.12. The molecule has 1 heterocycles. The highest BCUT2D eigenvalue weighted by molar-refractivity contribution is 5.48. The molecule has 1 aliphatic rings. The molecule has 1 aliphatic heterocycles. The van der Waals surface area contributed by atoms with Crippen molar-refractivity contribution in [3.63, 3.8) is 0 Å². The summed E-state index contributed by atoms with van der Waals surface area (Å²) in [5.74, 6) is 0.992. The molecule has 0 radical (unpaired) electrons. The van der Waals surface area contributed by atoms with E-state index in [9.17, 15) is 13.2 Å². The van der Waals surface area contributed by atoms with Crippen LogP contribution in [0, 0.1) is 11.8 Å². The summed E-state index contributed by atoms with van der Waals surface area (Å²) in [6.07, 6.45) is -3.24. The number of alkyl halides is 3. The van der Waals surface area contributed by atoms with Crippen molar-refractivity contribution in [1.29, 1.82) is 0 Å². The highest BCUT2D eigenvalue weighted by atomic mass is 19.4. The number of hydrogen-bond acceptors (Lipinski definition) is 2. The van der Waals surface area contributed by atoms with E-state index in [1.807, 2.05) is 0 Å². The van der Waals surface area contributed by atoms with E-state index in [0.717, 1.165) is 37.3 Å². The highest BCUT2D eigenvalue weighted by Crippen LogP contribution is 2.32. The summed E-state index contributed by atoms with van der Waals surface area (Å²) in [5.41, 5.74) is 5.99. The third kappa shape index (κ3) is 3.21. The van der Waals surface area contributed by atoms with Crippen molar-refractivity contribution in [2.45, 2.75) is 19.5 Å². The largest absolute Gasteiger partial charge is 0.416 e. The summed E-state index contributed by atoms with van der Waals surface area (Å²) in [6.45, 7) is 4.51. The van der Waals surface area contributed by atoms with Gasteiger partial charge in [0.15, 0.2) is 0 Å². The normalized spacial score (nSPS) is 24.6. The Morgan fingerprint density at radius 1 is 1.26 bits per heavy atom. The van der Waals surface area contributed by atoms with Crippen molar-refractivity contribution >= 4 is 5.69 Å². The van der Waals surface area contributed by atoms with Crippen LogP contribution in [-0.2, 0) is 6.18 Å². The van der Waals surface area contributed by atoms with Crippen LogP contribution < -0.4 is 10.6 Å². The molecule has 0 bridgehead atoms. The highest BCUT2D eigenvalue weighted by Gasteiger charge is 2.30. The molecule has 106 valence electrons. The van der Waals surface area contributed by atoms with Gasteiger partial charge in [0, 0.05) is 18.8 Å². The van der Waals surface area contributed by atoms with E-state index in [0.29, 0.717) is 18.4 Å². The minimum atomic E-state index is -4.27. The Balaban J connectivity index is 2.10. The number of halogens is 3. The van der Waals surface area contributed by atoms with E-state index in [1.165, 1.54) is 0 Å². The van der Waals surface area contributed by atoms with Crippen LogP contribution in [0.3, 0.4) is 0 Å². The molecule has 1 saturated heterocycles. The van der Waals surface area contributed by atoms with Gasteiger partial charge in [0.1, 0.15) is 0 Å². The van der Waals surface area contributed by atoms with Crippen LogP contribution in [0.5, 0.6) is 0 Å². The van der Waals surface area contributed by atoms with Crippen LogP contribution in [0.15, 0.2) is 24.3 Å². The Bertz CT molecular complexity index is 414. The molecule has 0 aromatic heterocycles. The van der Waals surface area contributed by atoms with Crippen molar-refractivity contribution < 1.29 is 13.2 Å². The van der Waals surface area contributed by atoms with Crippen molar-refractivity contribution in [1.82, 2.24) is 0 Å². The average molecular weight is 272 g/mol. The second-order valence-electron chi connectivity index (χ2n) is 5.25. The Kier molecular flexibility index (Phi) is 4.04. The molecule has 1 fully saturated rings. The minimum Gasteiger partial charge on any atom is -0.371 e. The summed E-state index contributed by atoms with van der Waals surface area (Å²) in [5, 5.41) is 0. The van der Waals surface area contributed by atoms with Gasteiger partial charge in [-0.1, -0.05) is 6.92 Å². The van der Waals surface area contributed by atoms with Gasteiger partial charge < -0.3 is 10.6 Å². The molecular formula is C14H19F3N2. The maximum atomic E-state index is 12.5. The molecule has 2 N–H and O–H groups in total. The molecule has 1 aromatic rings. The first kappa shape index (κ1) is 14.2.